The molecule has 1 aromatic carbocycles. The van der Waals surface area contributed by atoms with Crippen molar-refractivity contribution in [2.45, 2.75) is 50.3 Å². The third-order valence-electron chi connectivity index (χ3n) is 5.71. The zero-order chi connectivity index (χ0) is 18.6. The number of nitrogens with zero attached hydrogens (tertiary/aromatic N) is 2. The van der Waals surface area contributed by atoms with Crippen LogP contribution in [0.2, 0.25) is 0 Å². The maximum absolute atomic E-state index is 13.1. The molecule has 0 saturated carbocycles. The molecule has 2 heterocycles. The Morgan fingerprint density at radius 1 is 1.31 bits per heavy atom. The van der Waals surface area contributed by atoms with Crippen molar-refractivity contribution in [1.29, 1.82) is 0 Å². The Morgan fingerprint density at radius 3 is 2.62 bits per heavy atom. The molecule has 0 spiro atoms. The van der Waals surface area contributed by atoms with E-state index in [-0.39, 0.29) is 11.4 Å². The lowest BCUT2D eigenvalue weighted by molar-refractivity contribution is -0.130. The fourth-order valence-electron chi connectivity index (χ4n) is 4.20. The molecule has 26 heavy (non-hydrogen) atoms. The first kappa shape index (κ1) is 20.0. The standard InChI is InChI=1S/C19H29N3O2S2/c1-2-21-11-8-16(23)17(21)18(24)20-19(9-12-22(26-25)13-10-19)14-15-6-4-3-5-7-15/h3-7,16-17,23,25H,2,8-14H2,1H3,(H,20,24). The van der Waals surface area contributed by atoms with Crippen LogP contribution < -0.4 is 5.32 Å². The molecule has 144 valence electrons. The van der Waals surface area contributed by atoms with Gasteiger partial charge < -0.3 is 10.4 Å². The number of piperidine rings is 1. The zero-order valence-corrected chi connectivity index (χ0v) is 17.0. The second kappa shape index (κ2) is 8.97. The first-order valence-corrected chi connectivity index (χ1v) is 11.2. The molecule has 2 saturated heterocycles. The number of likely N-dealkylation sites (N-methyl/N-ethyl adjacent to an activating group) is 1. The zero-order valence-electron chi connectivity index (χ0n) is 15.3. The fraction of sp³-hybridized carbons (Fsp3) is 0.632. The summed E-state index contributed by atoms with van der Waals surface area (Å²) in [6.45, 7) is 5.40. The van der Waals surface area contributed by atoms with Crippen molar-refractivity contribution in [3.63, 3.8) is 0 Å². The van der Waals surface area contributed by atoms with Crippen molar-refractivity contribution in [2.75, 3.05) is 26.2 Å². The number of thiol groups is 1. The number of carbonyl (C=O) groups is 1. The Kier molecular flexibility index (Phi) is 6.91. The average molecular weight is 396 g/mol. The second-order valence-electron chi connectivity index (χ2n) is 7.37. The minimum Gasteiger partial charge on any atom is -0.391 e. The number of carbonyl (C=O) groups excluding carboxylic acids is 1. The maximum Gasteiger partial charge on any atom is 0.240 e. The normalized spacial score (nSPS) is 26.7. The number of nitrogens with one attached hydrogen (secondary N) is 1. The molecule has 1 aromatic rings. The highest BCUT2D eigenvalue weighted by atomic mass is 33.1. The van der Waals surface area contributed by atoms with Crippen molar-refractivity contribution in [2.24, 2.45) is 0 Å². The summed E-state index contributed by atoms with van der Waals surface area (Å²) in [7, 11) is 1.47. The molecule has 3 rings (SSSR count). The predicted molar refractivity (Wildman–Crippen MR) is 110 cm³/mol. The number of likely N-dealkylation sites (tertiary alicyclic amines) is 1. The molecule has 2 aliphatic rings. The molecule has 2 aliphatic heterocycles. The smallest absolute Gasteiger partial charge is 0.240 e. The number of aliphatic hydroxyl groups is 1. The lowest BCUT2D eigenvalue weighted by Crippen LogP contribution is -2.60. The van der Waals surface area contributed by atoms with Crippen LogP contribution in [0.1, 0.15) is 31.7 Å². The van der Waals surface area contributed by atoms with E-state index in [0.717, 1.165) is 45.4 Å². The van der Waals surface area contributed by atoms with E-state index in [4.69, 9.17) is 0 Å². The first-order valence-electron chi connectivity index (χ1n) is 9.41. The molecule has 0 radical (unpaired) electrons. The van der Waals surface area contributed by atoms with Gasteiger partial charge in [-0.15, -0.1) is 0 Å². The minimum atomic E-state index is -0.572. The van der Waals surface area contributed by atoms with Crippen LogP contribution in [0, 0.1) is 0 Å². The number of aliphatic hydroxyl groups excluding tert-OH is 1. The van der Waals surface area contributed by atoms with Crippen LogP contribution in [0.3, 0.4) is 0 Å². The molecule has 0 bridgehead atoms. The lowest BCUT2D eigenvalue weighted by atomic mass is 9.82. The van der Waals surface area contributed by atoms with E-state index < -0.39 is 12.1 Å². The van der Waals surface area contributed by atoms with Gasteiger partial charge in [0.25, 0.3) is 0 Å². The van der Waals surface area contributed by atoms with E-state index in [9.17, 15) is 9.90 Å². The average Bonchev–Trinajstić information content (AvgIpc) is 3.04. The van der Waals surface area contributed by atoms with Crippen LogP contribution in [-0.4, -0.2) is 64.1 Å². The van der Waals surface area contributed by atoms with Crippen LogP contribution in [-0.2, 0) is 11.2 Å². The maximum atomic E-state index is 13.1. The highest BCUT2D eigenvalue weighted by molar-refractivity contribution is 8.67. The van der Waals surface area contributed by atoms with Gasteiger partial charge in [0.15, 0.2) is 0 Å². The number of rotatable bonds is 6. The number of hydrogen-bond acceptors (Lipinski definition) is 6. The Bertz CT molecular complexity index is 594. The van der Waals surface area contributed by atoms with E-state index in [1.165, 1.54) is 16.5 Å². The van der Waals surface area contributed by atoms with Crippen LogP contribution in [0.25, 0.3) is 0 Å². The molecule has 2 fully saturated rings. The van der Waals surface area contributed by atoms with Crippen LogP contribution >= 0.6 is 22.6 Å². The van der Waals surface area contributed by atoms with Crippen molar-refractivity contribution in [3.05, 3.63) is 35.9 Å². The third-order valence-corrected chi connectivity index (χ3v) is 7.00. The quantitative estimate of drug-likeness (QED) is 0.391. The molecule has 5 nitrogen and oxygen atoms in total. The summed E-state index contributed by atoms with van der Waals surface area (Å²) in [5, 5.41) is 13.7. The summed E-state index contributed by atoms with van der Waals surface area (Å²) in [5.41, 5.74) is 0.972. The number of benzene rings is 1. The predicted octanol–water partition coefficient (Wildman–Crippen LogP) is 2.13. The highest BCUT2D eigenvalue weighted by Gasteiger charge is 2.42. The van der Waals surface area contributed by atoms with Gasteiger partial charge in [-0.1, -0.05) is 48.9 Å². The summed E-state index contributed by atoms with van der Waals surface area (Å²) in [4.78, 5) is 15.2. The van der Waals surface area contributed by atoms with E-state index in [2.05, 4.69) is 38.3 Å². The summed E-state index contributed by atoms with van der Waals surface area (Å²) >= 11 is 4.31. The van der Waals surface area contributed by atoms with Gasteiger partial charge in [-0.05, 0) is 48.8 Å². The Morgan fingerprint density at radius 2 is 2.00 bits per heavy atom. The van der Waals surface area contributed by atoms with E-state index in [1.807, 2.05) is 25.1 Å². The van der Waals surface area contributed by atoms with Crippen molar-refractivity contribution >= 4 is 28.5 Å². The SMILES string of the molecule is CCN1CCC(O)C1C(=O)NC1(Cc2ccccc2)CCN(SS)CC1. The van der Waals surface area contributed by atoms with Crippen molar-refractivity contribution in [1.82, 2.24) is 14.5 Å². The van der Waals surface area contributed by atoms with Gasteiger partial charge in [0.1, 0.15) is 6.04 Å². The number of hydrogen-bond donors (Lipinski definition) is 3. The topological polar surface area (TPSA) is 55.8 Å². The van der Waals surface area contributed by atoms with E-state index in [1.54, 1.807) is 0 Å². The molecule has 2 atom stereocenters. The van der Waals surface area contributed by atoms with Crippen LogP contribution in [0.15, 0.2) is 30.3 Å². The summed E-state index contributed by atoms with van der Waals surface area (Å²) in [5.74, 6) is -0.0280. The highest BCUT2D eigenvalue weighted by Crippen LogP contribution is 2.31. The first-order chi connectivity index (χ1) is 12.6. The molecule has 1 amide bonds. The summed E-state index contributed by atoms with van der Waals surface area (Å²) in [6, 6.07) is 9.92. The molecule has 2 N–H and O–H groups in total. The van der Waals surface area contributed by atoms with E-state index in [0.29, 0.717) is 6.42 Å². The molecular formula is C19H29N3O2S2. The molecule has 7 heteroatoms. The van der Waals surface area contributed by atoms with Gasteiger partial charge >= 0.3 is 0 Å². The van der Waals surface area contributed by atoms with Crippen molar-refractivity contribution in [3.8, 4) is 0 Å². The van der Waals surface area contributed by atoms with Gasteiger partial charge in [-0.25, -0.2) is 4.31 Å². The summed E-state index contributed by atoms with van der Waals surface area (Å²) < 4.78 is 2.22. The number of amides is 1. The van der Waals surface area contributed by atoms with Crippen LogP contribution in [0.4, 0.5) is 0 Å². The lowest BCUT2D eigenvalue weighted by Gasteiger charge is -2.42. The monoisotopic (exact) mass is 395 g/mol. The second-order valence-corrected chi connectivity index (χ2v) is 8.54. The van der Waals surface area contributed by atoms with Gasteiger partial charge in [0.2, 0.25) is 5.91 Å². The Balaban J connectivity index is 1.76. The summed E-state index contributed by atoms with van der Waals surface area (Å²) in [6.07, 6.45) is 2.69. The molecule has 0 aromatic heterocycles. The van der Waals surface area contributed by atoms with Gasteiger partial charge in [0.05, 0.1) is 6.10 Å². The minimum absolute atomic E-state index is 0.0280. The van der Waals surface area contributed by atoms with Gasteiger partial charge in [-0.2, -0.15) is 0 Å². The van der Waals surface area contributed by atoms with Crippen LogP contribution in [0.5, 0.6) is 0 Å². The third kappa shape index (κ3) is 4.57. The van der Waals surface area contributed by atoms with Crippen molar-refractivity contribution < 1.29 is 9.90 Å². The Hall–Kier alpha value is -0.730. The molecule has 0 aliphatic carbocycles. The largest absolute Gasteiger partial charge is 0.391 e. The molecular weight excluding hydrogens is 366 g/mol. The Labute approximate surface area is 165 Å². The van der Waals surface area contributed by atoms with Gasteiger partial charge in [0, 0.05) is 25.2 Å². The molecule has 2 unspecified atom stereocenters. The van der Waals surface area contributed by atoms with Gasteiger partial charge in [-0.3, -0.25) is 9.69 Å². The fourth-order valence-corrected chi connectivity index (χ4v) is 5.03. The van der Waals surface area contributed by atoms with E-state index >= 15 is 0 Å².